The lowest BCUT2D eigenvalue weighted by molar-refractivity contribution is -0.133. The third-order valence-corrected chi connectivity index (χ3v) is 1.35. The van der Waals surface area contributed by atoms with E-state index in [1.165, 1.54) is 0 Å². The molecular weight excluding hydrogens is 193 g/mol. The summed E-state index contributed by atoms with van der Waals surface area (Å²) in [5.74, 6) is -0.840. The van der Waals surface area contributed by atoms with Crippen LogP contribution in [0.2, 0.25) is 0 Å². The highest BCUT2D eigenvalue weighted by Gasteiger charge is 2.00. The van der Waals surface area contributed by atoms with Crippen molar-refractivity contribution >= 4 is 27.6 Å². The number of hydrogen-bond acceptors (Lipinski definition) is 4. The van der Waals surface area contributed by atoms with Gasteiger partial charge < -0.3 is 9.84 Å². The molecule has 0 aliphatic heterocycles. The predicted octanol–water partition coefficient (Wildman–Crippen LogP) is -0.419. The number of rotatable bonds is 5. The SMILES string of the molecule is O=C/C=C\C(=O)NCCC(=O)OP. The fraction of sp³-hybridized carbons (Fsp3) is 0.286. The van der Waals surface area contributed by atoms with E-state index in [9.17, 15) is 14.4 Å². The van der Waals surface area contributed by atoms with Gasteiger partial charge in [-0.1, -0.05) is 0 Å². The lowest BCUT2D eigenvalue weighted by atomic mass is 10.4. The highest BCUT2D eigenvalue weighted by Crippen LogP contribution is 1.90. The van der Waals surface area contributed by atoms with Gasteiger partial charge in [0.2, 0.25) is 5.91 Å². The third kappa shape index (κ3) is 7.15. The molecule has 0 heterocycles. The van der Waals surface area contributed by atoms with Crippen molar-refractivity contribution in [3.8, 4) is 0 Å². The molecule has 0 aromatic rings. The van der Waals surface area contributed by atoms with Crippen molar-refractivity contribution in [2.75, 3.05) is 6.54 Å². The predicted molar refractivity (Wildman–Crippen MR) is 48.6 cm³/mol. The normalized spacial score (nSPS) is 9.62. The van der Waals surface area contributed by atoms with Crippen molar-refractivity contribution in [1.82, 2.24) is 5.32 Å². The first-order valence-corrected chi connectivity index (χ1v) is 3.97. The lowest BCUT2D eigenvalue weighted by Crippen LogP contribution is -2.24. The minimum absolute atomic E-state index is 0.101. The van der Waals surface area contributed by atoms with Gasteiger partial charge in [0, 0.05) is 12.6 Å². The molecule has 0 aromatic carbocycles. The minimum atomic E-state index is -0.426. The maximum atomic E-state index is 10.8. The maximum absolute atomic E-state index is 10.8. The molecule has 0 aliphatic rings. The van der Waals surface area contributed by atoms with Crippen LogP contribution >= 0.6 is 9.47 Å². The minimum Gasteiger partial charge on any atom is -0.451 e. The van der Waals surface area contributed by atoms with Crippen molar-refractivity contribution in [2.24, 2.45) is 0 Å². The highest BCUT2D eigenvalue weighted by molar-refractivity contribution is 7.10. The number of carbonyl (C=O) groups excluding carboxylic acids is 3. The Morgan fingerprint density at radius 2 is 2.15 bits per heavy atom. The summed E-state index contributed by atoms with van der Waals surface area (Å²) in [5, 5.41) is 2.39. The Hall–Kier alpha value is -1.22. The molecule has 6 heteroatoms. The van der Waals surface area contributed by atoms with E-state index in [1.807, 2.05) is 9.47 Å². The van der Waals surface area contributed by atoms with Crippen molar-refractivity contribution in [3.63, 3.8) is 0 Å². The van der Waals surface area contributed by atoms with Crippen LogP contribution in [-0.2, 0) is 18.9 Å². The number of hydrogen-bond donors (Lipinski definition) is 1. The molecule has 0 aromatic heterocycles. The van der Waals surface area contributed by atoms with E-state index in [4.69, 9.17) is 0 Å². The van der Waals surface area contributed by atoms with Gasteiger partial charge in [0.05, 0.1) is 15.9 Å². The van der Waals surface area contributed by atoms with E-state index in [0.717, 1.165) is 12.2 Å². The van der Waals surface area contributed by atoms with Crippen LogP contribution in [0.4, 0.5) is 0 Å². The quantitative estimate of drug-likeness (QED) is 0.374. The first kappa shape index (κ1) is 11.8. The van der Waals surface area contributed by atoms with Crippen LogP contribution in [0.5, 0.6) is 0 Å². The molecular formula is C7H10NO4P. The molecule has 13 heavy (non-hydrogen) atoms. The largest absolute Gasteiger partial charge is 0.451 e. The summed E-state index contributed by atoms with van der Waals surface area (Å²) in [6.07, 6.45) is 2.75. The van der Waals surface area contributed by atoms with Crippen LogP contribution in [0, 0.1) is 0 Å². The van der Waals surface area contributed by atoms with E-state index in [2.05, 4.69) is 9.84 Å². The lowest BCUT2D eigenvalue weighted by Gasteiger charge is -1.99. The first-order chi connectivity index (χ1) is 6.20. The average Bonchev–Trinajstić information content (AvgIpc) is 2.14. The summed E-state index contributed by atoms with van der Waals surface area (Å²) in [7, 11) is 1.82. The number of carbonyl (C=O) groups is 3. The second kappa shape index (κ2) is 7.43. The van der Waals surface area contributed by atoms with Gasteiger partial charge in [0.15, 0.2) is 0 Å². The van der Waals surface area contributed by atoms with Crippen LogP contribution in [0.25, 0.3) is 0 Å². The molecule has 0 rings (SSSR count). The van der Waals surface area contributed by atoms with E-state index >= 15 is 0 Å². The second-order valence-electron chi connectivity index (χ2n) is 2.03. The summed E-state index contributed by atoms with van der Waals surface area (Å²) < 4.78 is 4.27. The summed E-state index contributed by atoms with van der Waals surface area (Å²) in [4.78, 5) is 31.1. The summed E-state index contributed by atoms with van der Waals surface area (Å²) >= 11 is 0. The molecule has 1 amide bonds. The standard InChI is InChI=1S/C7H10NO4P/c9-5-1-2-6(10)8-4-3-7(11)12-13/h1-2,5H,3-4,13H2,(H,8,10)/b2-1-. The molecule has 72 valence electrons. The molecule has 1 atom stereocenters. The van der Waals surface area contributed by atoms with Gasteiger partial charge in [-0.3, -0.25) is 14.4 Å². The van der Waals surface area contributed by atoms with Gasteiger partial charge >= 0.3 is 5.97 Å². The Morgan fingerprint density at radius 1 is 1.46 bits per heavy atom. The molecule has 0 bridgehead atoms. The Labute approximate surface area is 77.8 Å². The molecule has 0 radical (unpaired) electrons. The summed E-state index contributed by atoms with van der Waals surface area (Å²) in [5.41, 5.74) is 0. The van der Waals surface area contributed by atoms with Crippen LogP contribution in [0.3, 0.4) is 0 Å². The van der Waals surface area contributed by atoms with Gasteiger partial charge in [-0.15, -0.1) is 0 Å². The molecule has 0 fully saturated rings. The maximum Gasteiger partial charge on any atom is 0.309 e. The zero-order chi connectivity index (χ0) is 10.1. The van der Waals surface area contributed by atoms with Gasteiger partial charge in [-0.2, -0.15) is 0 Å². The van der Waals surface area contributed by atoms with Crippen LogP contribution in [0.1, 0.15) is 6.42 Å². The van der Waals surface area contributed by atoms with Crippen LogP contribution < -0.4 is 5.32 Å². The summed E-state index contributed by atoms with van der Waals surface area (Å²) in [6, 6.07) is 0. The molecule has 0 aliphatic carbocycles. The monoisotopic (exact) mass is 203 g/mol. The fourth-order valence-corrected chi connectivity index (χ4v) is 0.650. The van der Waals surface area contributed by atoms with E-state index in [0.29, 0.717) is 6.29 Å². The molecule has 0 spiro atoms. The molecule has 0 saturated carbocycles. The van der Waals surface area contributed by atoms with E-state index in [-0.39, 0.29) is 13.0 Å². The molecule has 0 saturated heterocycles. The number of allylic oxidation sites excluding steroid dienone is 1. The van der Waals surface area contributed by atoms with Crippen molar-refractivity contribution in [2.45, 2.75) is 6.42 Å². The smallest absolute Gasteiger partial charge is 0.309 e. The van der Waals surface area contributed by atoms with Crippen molar-refractivity contribution in [3.05, 3.63) is 12.2 Å². The Bertz CT molecular complexity index is 227. The van der Waals surface area contributed by atoms with Gasteiger partial charge in [-0.25, -0.2) is 0 Å². The van der Waals surface area contributed by atoms with Crippen LogP contribution in [-0.4, -0.2) is 24.7 Å². The highest BCUT2D eigenvalue weighted by atomic mass is 31.0. The topological polar surface area (TPSA) is 72.5 Å². The van der Waals surface area contributed by atoms with Gasteiger partial charge in [-0.05, 0) is 6.08 Å². The van der Waals surface area contributed by atoms with Gasteiger partial charge in [0.1, 0.15) is 6.29 Å². The fourth-order valence-electron chi connectivity index (χ4n) is 0.532. The Balaban J connectivity index is 3.53. The van der Waals surface area contributed by atoms with Gasteiger partial charge in [0.25, 0.3) is 0 Å². The van der Waals surface area contributed by atoms with E-state index in [1.54, 1.807) is 0 Å². The molecule has 1 N–H and O–H groups in total. The molecule has 5 nitrogen and oxygen atoms in total. The molecule has 1 unspecified atom stereocenters. The third-order valence-electron chi connectivity index (χ3n) is 1.09. The zero-order valence-corrected chi connectivity index (χ0v) is 8.01. The number of nitrogens with one attached hydrogen (secondary N) is 1. The number of aldehydes is 1. The van der Waals surface area contributed by atoms with Crippen molar-refractivity contribution < 1.29 is 18.9 Å². The van der Waals surface area contributed by atoms with E-state index < -0.39 is 11.9 Å². The summed E-state index contributed by atoms with van der Waals surface area (Å²) in [6.45, 7) is 0.190. The Kier molecular flexibility index (Phi) is 6.73. The first-order valence-electron chi connectivity index (χ1n) is 3.50. The van der Waals surface area contributed by atoms with Crippen molar-refractivity contribution in [1.29, 1.82) is 0 Å². The zero-order valence-electron chi connectivity index (χ0n) is 6.86. The van der Waals surface area contributed by atoms with Crippen LogP contribution in [0.15, 0.2) is 12.2 Å². The second-order valence-corrected chi connectivity index (χ2v) is 2.26. The Morgan fingerprint density at radius 3 is 2.69 bits per heavy atom. The average molecular weight is 203 g/mol. The number of amides is 1.